The molecule has 4 heterocycles. The van der Waals surface area contributed by atoms with Crippen molar-refractivity contribution in [3.05, 3.63) is 30.4 Å². The fourth-order valence-corrected chi connectivity index (χ4v) is 5.09. The van der Waals surface area contributed by atoms with Crippen LogP contribution >= 0.6 is 0 Å². The van der Waals surface area contributed by atoms with Crippen molar-refractivity contribution in [2.75, 3.05) is 45.8 Å². The lowest BCUT2D eigenvalue weighted by molar-refractivity contribution is -0.150. The van der Waals surface area contributed by atoms with Crippen LogP contribution in [0.15, 0.2) is 30.4 Å². The molecule has 2 aromatic rings. The Balaban J connectivity index is 1.75. The van der Waals surface area contributed by atoms with Crippen LogP contribution < -0.4 is 0 Å². The fourth-order valence-electron chi connectivity index (χ4n) is 5.09. The van der Waals surface area contributed by atoms with Crippen molar-refractivity contribution in [2.24, 2.45) is 0 Å². The average Bonchev–Trinajstić information content (AvgIpc) is 3.25. The molecule has 0 spiro atoms. The van der Waals surface area contributed by atoms with Crippen molar-refractivity contribution in [3.63, 3.8) is 0 Å². The fraction of sp³-hybridized carbons (Fsp3) is 0.583. The highest BCUT2D eigenvalue weighted by Crippen LogP contribution is 2.35. The molecule has 2 aliphatic heterocycles. The molecular weight excluding hydrogens is 459 g/mol. The molecule has 0 N–H and O–H groups in total. The smallest absolute Gasteiger partial charge is 0.338 e. The molecule has 35 heavy (non-hydrogen) atoms. The van der Waals surface area contributed by atoms with Gasteiger partial charge < -0.3 is 4.90 Å². The Morgan fingerprint density at radius 3 is 2.40 bits per heavy atom. The summed E-state index contributed by atoms with van der Waals surface area (Å²) in [5.74, 6) is -0.318. The van der Waals surface area contributed by atoms with Crippen molar-refractivity contribution in [1.29, 1.82) is 5.26 Å². The second-order valence-corrected chi connectivity index (χ2v) is 9.60. The van der Waals surface area contributed by atoms with Gasteiger partial charge in [-0.1, -0.05) is 0 Å². The Morgan fingerprint density at radius 1 is 1.09 bits per heavy atom. The predicted octanol–water partition coefficient (Wildman–Crippen LogP) is 3.14. The number of carbonyl (C=O) groups is 1. The molecule has 11 heteroatoms. The Labute approximate surface area is 202 Å². The van der Waals surface area contributed by atoms with E-state index in [1.165, 1.54) is 4.90 Å². The maximum atomic E-state index is 13.6. The summed E-state index contributed by atoms with van der Waals surface area (Å²) in [6.07, 6.45) is 3.42. The molecule has 0 unspecified atom stereocenters. The van der Waals surface area contributed by atoms with Gasteiger partial charge in [0.25, 0.3) is 5.91 Å². The standard InChI is InChI=1S/C24H30F3N7O/c1-23(2,33-12-10-31(11-13-33)16-24(25,26)27)21(34-17-30-19-15-29-7-6-20(19)34)18(14-28)22(35)32-8-4-3-5-9-32/h6-7,15,17H,3-5,8-13,16H2,1-2H3. The predicted molar refractivity (Wildman–Crippen MR) is 125 cm³/mol. The first-order chi connectivity index (χ1) is 16.6. The average molecular weight is 490 g/mol. The van der Waals surface area contributed by atoms with E-state index < -0.39 is 18.3 Å². The molecule has 0 aromatic carbocycles. The number of fused-ring (bicyclic) bond motifs is 1. The van der Waals surface area contributed by atoms with Crippen LogP contribution in [0, 0.1) is 11.3 Å². The van der Waals surface area contributed by atoms with Gasteiger partial charge >= 0.3 is 6.18 Å². The minimum absolute atomic E-state index is 0.0331. The number of carbonyl (C=O) groups excluding carboxylic acids is 1. The highest BCUT2D eigenvalue weighted by Gasteiger charge is 2.40. The van der Waals surface area contributed by atoms with E-state index in [-0.39, 0.29) is 24.6 Å². The van der Waals surface area contributed by atoms with Crippen molar-refractivity contribution in [3.8, 4) is 6.07 Å². The summed E-state index contributed by atoms with van der Waals surface area (Å²) in [7, 11) is 0. The zero-order valence-electron chi connectivity index (χ0n) is 20.1. The van der Waals surface area contributed by atoms with Crippen LogP contribution in [0.2, 0.25) is 0 Å². The maximum Gasteiger partial charge on any atom is 0.401 e. The first kappa shape index (κ1) is 25.1. The molecule has 2 saturated heterocycles. The van der Waals surface area contributed by atoms with Gasteiger partial charge in [0, 0.05) is 45.5 Å². The van der Waals surface area contributed by atoms with Gasteiger partial charge in [0.05, 0.1) is 29.5 Å². The van der Waals surface area contributed by atoms with E-state index in [2.05, 4.69) is 16.0 Å². The SMILES string of the molecule is CC(C)(C(=C(C#N)C(=O)N1CCCCC1)n1cnc2cnccc21)N1CCN(CC(F)(F)F)CC1. The number of aromatic nitrogens is 3. The topological polar surface area (TPSA) is 81.3 Å². The number of pyridine rings is 1. The molecule has 0 atom stereocenters. The van der Waals surface area contributed by atoms with E-state index in [0.717, 1.165) is 19.3 Å². The lowest BCUT2D eigenvalue weighted by atomic mass is 9.91. The molecule has 2 fully saturated rings. The van der Waals surface area contributed by atoms with Gasteiger partial charge in [-0.05, 0) is 39.2 Å². The summed E-state index contributed by atoms with van der Waals surface area (Å²) in [6.45, 7) is 5.31. The number of amides is 1. The molecule has 0 aliphatic carbocycles. The first-order valence-electron chi connectivity index (χ1n) is 11.9. The zero-order chi connectivity index (χ0) is 25.2. The highest BCUT2D eigenvalue weighted by atomic mass is 19.4. The van der Waals surface area contributed by atoms with Gasteiger partial charge in [-0.2, -0.15) is 18.4 Å². The minimum Gasteiger partial charge on any atom is -0.338 e. The summed E-state index contributed by atoms with van der Waals surface area (Å²) in [4.78, 5) is 27.3. The number of piperazine rings is 1. The molecular formula is C24H30F3N7O. The molecule has 2 aromatic heterocycles. The van der Waals surface area contributed by atoms with Crippen LogP contribution in [0.3, 0.4) is 0 Å². The van der Waals surface area contributed by atoms with Gasteiger partial charge in [0.2, 0.25) is 0 Å². The Morgan fingerprint density at radius 2 is 1.77 bits per heavy atom. The molecule has 8 nitrogen and oxygen atoms in total. The van der Waals surface area contributed by atoms with Gasteiger partial charge in [0.15, 0.2) is 0 Å². The van der Waals surface area contributed by atoms with Crippen molar-refractivity contribution in [1.82, 2.24) is 29.2 Å². The third kappa shape index (κ3) is 5.33. The Bertz CT molecular complexity index is 1130. The van der Waals surface area contributed by atoms with E-state index in [0.29, 0.717) is 42.9 Å². The zero-order valence-corrected chi connectivity index (χ0v) is 20.1. The highest BCUT2D eigenvalue weighted by molar-refractivity contribution is 6.04. The van der Waals surface area contributed by atoms with Gasteiger partial charge in [-0.3, -0.25) is 24.1 Å². The number of nitriles is 1. The van der Waals surface area contributed by atoms with Gasteiger partial charge in [-0.25, -0.2) is 4.98 Å². The number of hydrogen-bond donors (Lipinski definition) is 0. The summed E-state index contributed by atoms with van der Waals surface area (Å²) in [5.41, 5.74) is 1.01. The van der Waals surface area contributed by atoms with Crippen molar-refractivity contribution in [2.45, 2.75) is 44.8 Å². The number of alkyl halides is 3. The molecule has 4 rings (SSSR count). The van der Waals surface area contributed by atoms with Crippen LogP contribution in [-0.2, 0) is 4.79 Å². The van der Waals surface area contributed by atoms with E-state index in [1.54, 1.807) is 34.3 Å². The lowest BCUT2D eigenvalue weighted by Crippen LogP contribution is -2.57. The number of nitrogens with zero attached hydrogens (tertiary/aromatic N) is 7. The molecule has 0 saturated carbocycles. The number of rotatable bonds is 5. The van der Waals surface area contributed by atoms with Crippen molar-refractivity contribution < 1.29 is 18.0 Å². The molecule has 188 valence electrons. The number of hydrogen-bond acceptors (Lipinski definition) is 6. The van der Waals surface area contributed by atoms with Gasteiger partial charge in [0.1, 0.15) is 23.5 Å². The third-order valence-corrected chi connectivity index (χ3v) is 6.94. The van der Waals surface area contributed by atoms with Crippen LogP contribution in [0.25, 0.3) is 16.7 Å². The Hall–Kier alpha value is -2.97. The van der Waals surface area contributed by atoms with E-state index in [4.69, 9.17) is 0 Å². The quantitative estimate of drug-likeness (QED) is 0.474. The summed E-state index contributed by atoms with van der Waals surface area (Å²) in [5, 5.41) is 10.2. The summed E-state index contributed by atoms with van der Waals surface area (Å²) >= 11 is 0. The van der Waals surface area contributed by atoms with Crippen LogP contribution in [0.1, 0.15) is 33.1 Å². The van der Waals surface area contributed by atoms with Crippen LogP contribution in [0.4, 0.5) is 13.2 Å². The maximum absolute atomic E-state index is 13.6. The first-order valence-corrected chi connectivity index (χ1v) is 11.9. The monoisotopic (exact) mass is 489 g/mol. The molecule has 0 bridgehead atoms. The normalized spacial score (nSPS) is 19.5. The minimum atomic E-state index is -4.25. The Kier molecular flexibility index (Phi) is 7.15. The third-order valence-electron chi connectivity index (χ3n) is 6.94. The van der Waals surface area contributed by atoms with Crippen LogP contribution in [0.5, 0.6) is 0 Å². The molecule has 2 aliphatic rings. The molecule has 1 amide bonds. The number of halogens is 3. The lowest BCUT2D eigenvalue weighted by Gasteiger charge is -2.45. The van der Waals surface area contributed by atoms with E-state index in [9.17, 15) is 23.2 Å². The van der Waals surface area contributed by atoms with Crippen LogP contribution in [-0.4, -0.2) is 92.7 Å². The number of likely N-dealkylation sites (tertiary alicyclic amines) is 1. The van der Waals surface area contributed by atoms with E-state index >= 15 is 0 Å². The largest absolute Gasteiger partial charge is 0.401 e. The van der Waals surface area contributed by atoms with E-state index in [1.807, 2.05) is 18.7 Å². The van der Waals surface area contributed by atoms with Gasteiger partial charge in [-0.15, -0.1) is 0 Å². The number of piperidine rings is 1. The summed E-state index contributed by atoms with van der Waals surface area (Å²) in [6, 6.07) is 3.95. The number of imidazole rings is 1. The second kappa shape index (κ2) is 9.95. The molecule has 0 radical (unpaired) electrons. The van der Waals surface area contributed by atoms with Crippen molar-refractivity contribution >= 4 is 22.6 Å². The second-order valence-electron chi connectivity index (χ2n) is 9.60. The summed E-state index contributed by atoms with van der Waals surface area (Å²) < 4.78 is 40.4.